The molecule has 1 fully saturated rings. The van der Waals surface area contributed by atoms with Crippen LogP contribution in [0.4, 0.5) is 10.1 Å². The fourth-order valence-corrected chi connectivity index (χ4v) is 4.98. The Morgan fingerprint density at radius 2 is 2.11 bits per heavy atom. The summed E-state index contributed by atoms with van der Waals surface area (Å²) >= 11 is 5.88. The Morgan fingerprint density at radius 3 is 2.79 bits per heavy atom. The summed E-state index contributed by atoms with van der Waals surface area (Å²) in [7, 11) is 0. The molecule has 6 heteroatoms. The van der Waals surface area contributed by atoms with E-state index in [2.05, 4.69) is 16.4 Å². The van der Waals surface area contributed by atoms with Crippen LogP contribution in [0, 0.1) is 23.1 Å². The third-order valence-electron chi connectivity index (χ3n) is 6.13. The highest BCUT2D eigenvalue weighted by Crippen LogP contribution is 2.57. The second-order valence-corrected chi connectivity index (χ2v) is 8.36. The summed E-state index contributed by atoms with van der Waals surface area (Å²) in [6, 6.07) is 8.83. The predicted octanol–water partition coefficient (Wildman–Crippen LogP) is 4.66. The maximum absolute atomic E-state index is 14.1. The van der Waals surface area contributed by atoms with E-state index in [0.29, 0.717) is 29.5 Å². The molecule has 0 aliphatic heterocycles. The van der Waals surface area contributed by atoms with E-state index in [1.807, 2.05) is 0 Å². The van der Waals surface area contributed by atoms with Crippen molar-refractivity contribution in [1.29, 1.82) is 0 Å². The number of amides is 1. The maximum Gasteiger partial charge on any atom is 0.224 e. The molecule has 0 saturated heterocycles. The number of halogens is 2. The molecule has 0 radical (unpaired) electrons. The quantitative estimate of drug-likeness (QED) is 0.768. The van der Waals surface area contributed by atoms with Gasteiger partial charge in [-0.25, -0.2) is 4.39 Å². The monoisotopic (exact) mass is 399 g/mol. The first-order chi connectivity index (χ1) is 13.5. The molecule has 2 unspecified atom stereocenters. The van der Waals surface area contributed by atoms with Crippen LogP contribution in [0.15, 0.2) is 48.8 Å². The molecule has 4 rings (SSSR count). The average molecular weight is 400 g/mol. The van der Waals surface area contributed by atoms with Crippen LogP contribution >= 0.6 is 11.6 Å². The van der Waals surface area contributed by atoms with E-state index in [4.69, 9.17) is 17.3 Å². The third kappa shape index (κ3) is 3.69. The van der Waals surface area contributed by atoms with Crippen LogP contribution in [0.3, 0.4) is 0 Å². The van der Waals surface area contributed by atoms with Crippen LogP contribution in [0.5, 0.6) is 0 Å². The van der Waals surface area contributed by atoms with E-state index < -0.39 is 0 Å². The SMILES string of the molecule is NCC12C=C(c3ccncc3F)CC1C[C@@H](CC(=O)Nc1ccc(Cl)cc1)C2. The fraction of sp³-hybridized carbons (Fsp3) is 0.364. The number of hydrogen-bond acceptors (Lipinski definition) is 3. The number of fused-ring (bicyclic) bond motifs is 1. The molecular weight excluding hydrogens is 377 g/mol. The minimum absolute atomic E-state index is 0.00356. The third-order valence-corrected chi connectivity index (χ3v) is 6.38. The van der Waals surface area contributed by atoms with E-state index in [1.54, 1.807) is 36.5 Å². The number of rotatable bonds is 5. The molecule has 4 nitrogen and oxygen atoms in total. The van der Waals surface area contributed by atoms with Crippen molar-refractivity contribution in [2.45, 2.75) is 25.7 Å². The topological polar surface area (TPSA) is 68.0 Å². The number of allylic oxidation sites excluding steroid dienone is 1. The first-order valence-corrected chi connectivity index (χ1v) is 9.94. The largest absolute Gasteiger partial charge is 0.330 e. The highest BCUT2D eigenvalue weighted by Gasteiger charge is 2.49. The Balaban J connectivity index is 1.43. The van der Waals surface area contributed by atoms with Crippen LogP contribution in [0.25, 0.3) is 5.57 Å². The van der Waals surface area contributed by atoms with Crippen molar-refractivity contribution in [3.63, 3.8) is 0 Å². The number of anilines is 1. The Kier molecular flexibility index (Phi) is 5.21. The van der Waals surface area contributed by atoms with Gasteiger partial charge < -0.3 is 11.1 Å². The van der Waals surface area contributed by atoms with Gasteiger partial charge in [-0.15, -0.1) is 0 Å². The van der Waals surface area contributed by atoms with Crippen molar-refractivity contribution in [3.8, 4) is 0 Å². The van der Waals surface area contributed by atoms with E-state index in [0.717, 1.165) is 30.5 Å². The first kappa shape index (κ1) is 19.1. The lowest BCUT2D eigenvalue weighted by atomic mass is 9.81. The second-order valence-electron chi connectivity index (χ2n) is 7.93. The van der Waals surface area contributed by atoms with Gasteiger partial charge in [-0.05, 0) is 67.0 Å². The molecule has 1 saturated carbocycles. The molecule has 3 N–H and O–H groups in total. The van der Waals surface area contributed by atoms with Gasteiger partial charge in [-0.1, -0.05) is 17.7 Å². The van der Waals surface area contributed by atoms with E-state index in [9.17, 15) is 9.18 Å². The van der Waals surface area contributed by atoms with Gasteiger partial charge in [0.15, 0.2) is 0 Å². The normalized spacial score (nSPS) is 26.0. The molecular formula is C22H23ClFN3O. The van der Waals surface area contributed by atoms with Crippen molar-refractivity contribution < 1.29 is 9.18 Å². The van der Waals surface area contributed by atoms with Gasteiger partial charge in [0.25, 0.3) is 0 Å². The molecule has 28 heavy (non-hydrogen) atoms. The Labute approximate surface area is 169 Å². The lowest BCUT2D eigenvalue weighted by Crippen LogP contribution is -2.29. The van der Waals surface area contributed by atoms with Crippen molar-refractivity contribution in [2.24, 2.45) is 23.0 Å². The van der Waals surface area contributed by atoms with E-state index in [-0.39, 0.29) is 23.1 Å². The summed E-state index contributed by atoms with van der Waals surface area (Å²) < 4.78 is 14.1. The van der Waals surface area contributed by atoms with Gasteiger partial charge in [-0.3, -0.25) is 9.78 Å². The van der Waals surface area contributed by atoms with E-state index >= 15 is 0 Å². The zero-order valence-electron chi connectivity index (χ0n) is 15.5. The number of nitrogens with zero attached hydrogens (tertiary/aromatic N) is 1. The molecule has 1 aromatic heterocycles. The number of nitrogens with one attached hydrogen (secondary N) is 1. The van der Waals surface area contributed by atoms with Gasteiger partial charge in [0.1, 0.15) is 5.82 Å². The van der Waals surface area contributed by atoms with Gasteiger partial charge in [0.05, 0.1) is 6.20 Å². The lowest BCUT2D eigenvalue weighted by molar-refractivity contribution is -0.117. The molecule has 0 bridgehead atoms. The highest BCUT2D eigenvalue weighted by molar-refractivity contribution is 6.30. The zero-order valence-corrected chi connectivity index (χ0v) is 16.3. The maximum atomic E-state index is 14.1. The summed E-state index contributed by atoms with van der Waals surface area (Å²) in [5.41, 5.74) is 8.39. The summed E-state index contributed by atoms with van der Waals surface area (Å²) in [6.45, 7) is 0.517. The van der Waals surface area contributed by atoms with Crippen LogP contribution in [-0.4, -0.2) is 17.4 Å². The minimum Gasteiger partial charge on any atom is -0.330 e. The van der Waals surface area contributed by atoms with Crippen LogP contribution in [0.1, 0.15) is 31.2 Å². The lowest BCUT2D eigenvalue weighted by Gasteiger charge is -2.25. The number of carbonyl (C=O) groups is 1. The first-order valence-electron chi connectivity index (χ1n) is 9.56. The number of aromatic nitrogens is 1. The van der Waals surface area contributed by atoms with Crippen molar-refractivity contribution in [3.05, 3.63) is 65.2 Å². The van der Waals surface area contributed by atoms with Gasteiger partial charge in [0, 0.05) is 40.9 Å². The fourth-order valence-electron chi connectivity index (χ4n) is 4.85. The molecule has 2 aliphatic carbocycles. The molecule has 2 aliphatic rings. The van der Waals surface area contributed by atoms with Gasteiger partial charge in [0.2, 0.25) is 5.91 Å². The highest BCUT2D eigenvalue weighted by atomic mass is 35.5. The number of pyridine rings is 1. The van der Waals surface area contributed by atoms with Crippen molar-refractivity contribution in [1.82, 2.24) is 4.98 Å². The average Bonchev–Trinajstić information content (AvgIpc) is 3.18. The molecule has 3 atom stereocenters. The van der Waals surface area contributed by atoms with Crippen LogP contribution < -0.4 is 11.1 Å². The van der Waals surface area contributed by atoms with E-state index in [1.165, 1.54) is 6.20 Å². The molecule has 1 heterocycles. The zero-order chi connectivity index (χ0) is 19.7. The summed E-state index contributed by atoms with van der Waals surface area (Å²) in [4.78, 5) is 16.3. The second kappa shape index (κ2) is 7.64. The smallest absolute Gasteiger partial charge is 0.224 e. The molecule has 0 spiro atoms. The van der Waals surface area contributed by atoms with Crippen LogP contribution in [0.2, 0.25) is 5.02 Å². The summed E-state index contributed by atoms with van der Waals surface area (Å²) in [5.74, 6) is 0.345. The number of hydrogen-bond donors (Lipinski definition) is 2. The molecule has 146 valence electrons. The number of benzene rings is 1. The molecule has 1 amide bonds. The summed E-state index contributed by atoms with van der Waals surface area (Å²) in [6.07, 6.45) is 8.08. The van der Waals surface area contributed by atoms with Crippen molar-refractivity contribution >= 4 is 28.8 Å². The Hall–Kier alpha value is -2.24. The predicted molar refractivity (Wildman–Crippen MR) is 109 cm³/mol. The van der Waals surface area contributed by atoms with Gasteiger partial charge in [-0.2, -0.15) is 0 Å². The molecule has 2 aromatic rings. The minimum atomic E-state index is -0.292. The summed E-state index contributed by atoms with van der Waals surface area (Å²) in [5, 5.41) is 3.57. The van der Waals surface area contributed by atoms with Gasteiger partial charge >= 0.3 is 0 Å². The van der Waals surface area contributed by atoms with Crippen molar-refractivity contribution in [2.75, 3.05) is 11.9 Å². The van der Waals surface area contributed by atoms with Crippen LogP contribution in [-0.2, 0) is 4.79 Å². The Morgan fingerprint density at radius 1 is 1.32 bits per heavy atom. The number of carbonyl (C=O) groups excluding carboxylic acids is 1. The standard InChI is InChI=1S/C22H23ClFN3O/c23-17-1-3-18(4-2-17)27-21(28)8-14-7-16-9-15(11-22(16,10-14)13-25)19-5-6-26-12-20(19)24/h1-6,11-12,14,16H,7-10,13,25H2,(H,27,28)/t14-,16?,22?/m0/s1. The number of nitrogens with two attached hydrogens (primary N) is 1. The Bertz CT molecular complexity index is 914. The molecule has 1 aromatic carbocycles.